The van der Waals surface area contributed by atoms with Gasteiger partial charge in [0.05, 0.1) is 23.0 Å². The highest BCUT2D eigenvalue weighted by Gasteiger charge is 2.25. The Morgan fingerprint density at radius 2 is 1.46 bits per heavy atom. The lowest BCUT2D eigenvalue weighted by atomic mass is 10.0. The van der Waals surface area contributed by atoms with Crippen LogP contribution in [0, 0.1) is 0 Å². The molecule has 4 amide bonds. The Bertz CT molecular complexity index is 1190. The van der Waals surface area contributed by atoms with Crippen molar-refractivity contribution in [3.8, 4) is 0 Å². The number of carbonyl (C=O) groups is 4. The number of amides is 4. The highest BCUT2D eigenvalue weighted by molar-refractivity contribution is 6.33. The molecule has 3 N–H and O–H groups in total. The van der Waals surface area contributed by atoms with Gasteiger partial charge in [0.15, 0.2) is 6.10 Å². The Morgan fingerprint density at radius 1 is 0.857 bits per heavy atom. The van der Waals surface area contributed by atoms with Crippen LogP contribution in [-0.2, 0) is 14.3 Å². The fourth-order valence-electron chi connectivity index (χ4n) is 3.18. The van der Waals surface area contributed by atoms with Gasteiger partial charge in [0, 0.05) is 5.69 Å². The van der Waals surface area contributed by atoms with Crippen LogP contribution in [0.15, 0.2) is 84.9 Å². The molecule has 35 heavy (non-hydrogen) atoms. The number of nitrogens with one attached hydrogen (secondary N) is 3. The van der Waals surface area contributed by atoms with E-state index < -0.39 is 36.0 Å². The molecular weight excluding hydrogens is 470 g/mol. The van der Waals surface area contributed by atoms with Crippen molar-refractivity contribution in [1.82, 2.24) is 10.6 Å². The van der Waals surface area contributed by atoms with Crippen LogP contribution >= 0.6 is 11.6 Å². The quantitative estimate of drug-likeness (QED) is 0.400. The van der Waals surface area contributed by atoms with Crippen LogP contribution < -0.4 is 16.0 Å². The average molecular weight is 494 g/mol. The number of para-hydroxylation sites is 1. The van der Waals surface area contributed by atoms with E-state index in [1.807, 2.05) is 6.07 Å². The lowest BCUT2D eigenvalue weighted by Crippen LogP contribution is -2.42. The van der Waals surface area contributed by atoms with Crippen LogP contribution in [0.1, 0.15) is 35.3 Å². The van der Waals surface area contributed by atoms with E-state index in [-0.39, 0.29) is 17.0 Å². The molecule has 0 aliphatic carbocycles. The monoisotopic (exact) mass is 493 g/mol. The third-order valence-corrected chi connectivity index (χ3v) is 5.27. The molecule has 9 heteroatoms. The minimum atomic E-state index is -1.24. The third-order valence-electron chi connectivity index (χ3n) is 4.94. The normalized spacial score (nSPS) is 12.1. The number of urea groups is 1. The lowest BCUT2D eigenvalue weighted by molar-refractivity contribution is -0.154. The number of halogens is 1. The Hall–Kier alpha value is -4.17. The standard InChI is InChI=1S/C26H24ClN3O5/c1-17(24(32)30-26(34)28-19-12-6-3-7-13-19)35-23(31)16-22(18-10-4-2-5-11-18)29-25(33)20-14-8-9-15-21(20)27/h2-15,17,22H,16H2,1H3,(H,29,33)(H2,28,30,32,34). The molecule has 2 unspecified atom stereocenters. The molecule has 0 heterocycles. The minimum Gasteiger partial charge on any atom is -0.452 e. The molecule has 0 saturated heterocycles. The second-order valence-electron chi connectivity index (χ2n) is 7.56. The molecule has 0 aliphatic rings. The Kier molecular flexibility index (Phi) is 8.97. The van der Waals surface area contributed by atoms with Gasteiger partial charge in [-0.05, 0) is 36.8 Å². The smallest absolute Gasteiger partial charge is 0.325 e. The summed E-state index contributed by atoms with van der Waals surface area (Å²) in [6.45, 7) is 1.35. The SMILES string of the molecule is CC(OC(=O)CC(NC(=O)c1ccccc1Cl)c1ccccc1)C(=O)NC(=O)Nc1ccccc1. The number of imide groups is 1. The summed E-state index contributed by atoms with van der Waals surface area (Å²) in [7, 11) is 0. The van der Waals surface area contributed by atoms with E-state index in [1.165, 1.54) is 6.92 Å². The molecule has 0 aliphatic heterocycles. The summed E-state index contributed by atoms with van der Waals surface area (Å²) in [6, 6.07) is 22.5. The zero-order valence-electron chi connectivity index (χ0n) is 18.9. The van der Waals surface area contributed by atoms with Gasteiger partial charge in [0.25, 0.3) is 11.8 Å². The number of ether oxygens (including phenoxy) is 1. The van der Waals surface area contributed by atoms with Crippen molar-refractivity contribution in [3.05, 3.63) is 101 Å². The molecule has 0 saturated carbocycles. The Morgan fingerprint density at radius 3 is 2.11 bits per heavy atom. The van der Waals surface area contributed by atoms with Gasteiger partial charge in [-0.15, -0.1) is 0 Å². The molecule has 0 fully saturated rings. The second kappa shape index (κ2) is 12.3. The first-order chi connectivity index (χ1) is 16.8. The first kappa shape index (κ1) is 25.5. The van der Waals surface area contributed by atoms with Gasteiger partial charge >= 0.3 is 12.0 Å². The van der Waals surface area contributed by atoms with Gasteiger partial charge in [-0.3, -0.25) is 19.7 Å². The van der Waals surface area contributed by atoms with Crippen molar-refractivity contribution in [2.24, 2.45) is 0 Å². The maximum Gasteiger partial charge on any atom is 0.325 e. The summed E-state index contributed by atoms with van der Waals surface area (Å²) in [6.07, 6.45) is -1.48. The second-order valence-corrected chi connectivity index (χ2v) is 7.97. The molecule has 180 valence electrons. The largest absolute Gasteiger partial charge is 0.452 e. The average Bonchev–Trinajstić information content (AvgIpc) is 2.84. The van der Waals surface area contributed by atoms with Gasteiger partial charge in [0.1, 0.15) is 0 Å². The minimum absolute atomic E-state index is 0.242. The van der Waals surface area contributed by atoms with Crippen molar-refractivity contribution in [2.75, 3.05) is 5.32 Å². The number of esters is 1. The number of carbonyl (C=O) groups excluding carboxylic acids is 4. The van der Waals surface area contributed by atoms with Crippen LogP contribution in [0.4, 0.5) is 10.5 Å². The molecular formula is C26H24ClN3O5. The van der Waals surface area contributed by atoms with E-state index in [9.17, 15) is 19.2 Å². The van der Waals surface area contributed by atoms with E-state index in [0.29, 0.717) is 11.3 Å². The predicted molar refractivity (Wildman–Crippen MR) is 132 cm³/mol. The van der Waals surface area contributed by atoms with Crippen LogP contribution in [-0.4, -0.2) is 29.9 Å². The number of hydrogen-bond donors (Lipinski definition) is 3. The first-order valence-corrected chi connectivity index (χ1v) is 11.2. The predicted octanol–water partition coefficient (Wildman–Crippen LogP) is 4.48. The molecule has 8 nitrogen and oxygen atoms in total. The summed E-state index contributed by atoms with van der Waals surface area (Å²) in [5.74, 6) is -1.98. The number of hydrogen-bond acceptors (Lipinski definition) is 5. The topological polar surface area (TPSA) is 114 Å². The molecule has 0 radical (unpaired) electrons. The Balaban J connectivity index is 1.60. The first-order valence-electron chi connectivity index (χ1n) is 10.8. The van der Waals surface area contributed by atoms with Gasteiger partial charge < -0.3 is 15.4 Å². The van der Waals surface area contributed by atoms with Gasteiger partial charge in [-0.25, -0.2) is 4.79 Å². The highest BCUT2D eigenvalue weighted by Crippen LogP contribution is 2.21. The van der Waals surface area contributed by atoms with E-state index >= 15 is 0 Å². The van der Waals surface area contributed by atoms with Gasteiger partial charge in [0.2, 0.25) is 0 Å². The van der Waals surface area contributed by atoms with Crippen molar-refractivity contribution in [2.45, 2.75) is 25.5 Å². The fraction of sp³-hybridized carbons (Fsp3) is 0.154. The Labute approximate surface area is 207 Å². The summed E-state index contributed by atoms with van der Waals surface area (Å²) in [5.41, 5.74) is 1.44. The number of benzene rings is 3. The van der Waals surface area contributed by atoms with E-state index in [2.05, 4.69) is 16.0 Å². The molecule has 3 rings (SSSR count). The molecule has 3 aromatic rings. The zero-order chi connectivity index (χ0) is 25.2. The van der Waals surface area contributed by atoms with Crippen LogP contribution in [0.3, 0.4) is 0 Å². The van der Waals surface area contributed by atoms with Gasteiger partial charge in [-0.2, -0.15) is 0 Å². The van der Waals surface area contributed by atoms with Crippen molar-refractivity contribution >= 4 is 41.1 Å². The molecule has 0 spiro atoms. The van der Waals surface area contributed by atoms with Crippen molar-refractivity contribution in [3.63, 3.8) is 0 Å². The van der Waals surface area contributed by atoms with Crippen LogP contribution in [0.5, 0.6) is 0 Å². The molecule has 0 bridgehead atoms. The summed E-state index contributed by atoms with van der Waals surface area (Å²) < 4.78 is 5.22. The molecule has 2 atom stereocenters. The maximum atomic E-state index is 12.8. The summed E-state index contributed by atoms with van der Waals surface area (Å²) in [5, 5.41) is 7.71. The number of rotatable bonds is 8. The van der Waals surface area contributed by atoms with Crippen molar-refractivity contribution in [1.29, 1.82) is 0 Å². The van der Waals surface area contributed by atoms with Crippen molar-refractivity contribution < 1.29 is 23.9 Å². The van der Waals surface area contributed by atoms with E-state index in [4.69, 9.17) is 16.3 Å². The van der Waals surface area contributed by atoms with E-state index in [0.717, 1.165) is 0 Å². The fourth-order valence-corrected chi connectivity index (χ4v) is 3.40. The van der Waals surface area contributed by atoms with Crippen LogP contribution in [0.25, 0.3) is 0 Å². The number of anilines is 1. The third kappa shape index (κ3) is 7.68. The highest BCUT2D eigenvalue weighted by atomic mass is 35.5. The maximum absolute atomic E-state index is 12.8. The molecule has 0 aromatic heterocycles. The summed E-state index contributed by atoms with van der Waals surface area (Å²) >= 11 is 6.12. The lowest BCUT2D eigenvalue weighted by Gasteiger charge is -2.20. The van der Waals surface area contributed by atoms with Gasteiger partial charge in [-0.1, -0.05) is 72.3 Å². The zero-order valence-corrected chi connectivity index (χ0v) is 19.6. The molecule has 3 aromatic carbocycles. The summed E-state index contributed by atoms with van der Waals surface area (Å²) in [4.78, 5) is 49.7. The van der Waals surface area contributed by atoms with Crippen LogP contribution in [0.2, 0.25) is 5.02 Å². The van der Waals surface area contributed by atoms with E-state index in [1.54, 1.807) is 78.9 Å².